The third kappa shape index (κ3) is 13.9. The lowest BCUT2D eigenvalue weighted by Gasteiger charge is -2.05. The van der Waals surface area contributed by atoms with Gasteiger partial charge in [-0.25, -0.2) is 0 Å². The number of thiophene rings is 1. The van der Waals surface area contributed by atoms with E-state index in [9.17, 15) is 0 Å². The van der Waals surface area contributed by atoms with E-state index in [4.69, 9.17) is 0 Å². The maximum absolute atomic E-state index is 2.29. The summed E-state index contributed by atoms with van der Waals surface area (Å²) in [7, 11) is 2.08. The number of aromatic nitrogens is 1. The molecule has 0 saturated carbocycles. The summed E-state index contributed by atoms with van der Waals surface area (Å²) < 4.78 is 3.54. The van der Waals surface area contributed by atoms with Crippen molar-refractivity contribution in [1.29, 1.82) is 0 Å². The monoisotopic (exact) mass is 517 g/mol. The Morgan fingerprint density at radius 3 is 1.50 bits per heavy atom. The maximum Gasteiger partial charge on any atom is 0.0477 e. The molecule has 0 amide bonds. The van der Waals surface area contributed by atoms with E-state index in [1.54, 1.807) is 0 Å². The molecule has 0 spiro atoms. The number of nitrogens with zero attached hydrogens (tertiary/aromatic N) is 1. The van der Waals surface area contributed by atoms with Crippen LogP contribution in [0.4, 0.5) is 0 Å². The van der Waals surface area contributed by atoms with Gasteiger partial charge in [0.05, 0.1) is 0 Å². The molecule has 2 heteroatoms. The van der Waals surface area contributed by atoms with Crippen molar-refractivity contribution >= 4 is 32.3 Å². The zero-order chi connectivity index (χ0) is 26.0. The lowest BCUT2D eigenvalue weighted by atomic mass is 10.0. The normalized spacial score (nSPS) is 8.53. The first-order valence-electron chi connectivity index (χ1n) is 13.0. The van der Waals surface area contributed by atoms with E-state index in [2.05, 4.69) is 99.4 Å². The van der Waals surface area contributed by atoms with Crippen molar-refractivity contribution in [3.8, 4) is 0 Å². The second-order valence-corrected chi connectivity index (χ2v) is 8.22. The summed E-state index contributed by atoms with van der Waals surface area (Å²) in [6.07, 6.45) is 2.11. The largest absolute Gasteiger partial charge is 0.351 e. The third-order valence-electron chi connectivity index (χ3n) is 4.72. The van der Waals surface area contributed by atoms with Crippen LogP contribution in [0.5, 0.6) is 0 Å². The summed E-state index contributed by atoms with van der Waals surface area (Å²) >= 11 is 1.81. The van der Waals surface area contributed by atoms with Gasteiger partial charge in [0.2, 0.25) is 0 Å². The van der Waals surface area contributed by atoms with Crippen LogP contribution in [0.2, 0.25) is 0 Å². The Balaban J connectivity index is -0.000000131. The molecule has 1 nitrogen and oxygen atoms in total. The number of aryl methyl sites for hydroxylation is 1. The molecule has 0 aliphatic heterocycles. The van der Waals surface area contributed by atoms with Gasteiger partial charge in [0.15, 0.2) is 0 Å². The van der Waals surface area contributed by atoms with Crippen molar-refractivity contribution in [1.82, 2.24) is 4.57 Å². The van der Waals surface area contributed by atoms with Crippen LogP contribution in [0.1, 0.15) is 128 Å². The molecular weight excluding hydrogens is 454 g/mol. The Labute approximate surface area is 232 Å². The van der Waals surface area contributed by atoms with Crippen LogP contribution >= 0.6 is 11.3 Å². The number of rotatable bonds is 2. The van der Waals surface area contributed by atoms with E-state index in [-0.39, 0.29) is 22.3 Å². The van der Waals surface area contributed by atoms with Gasteiger partial charge in [-0.3, -0.25) is 0 Å². The van der Waals surface area contributed by atoms with Crippen molar-refractivity contribution in [3.63, 3.8) is 0 Å². The number of hydrogen-bond donors (Lipinski definition) is 0. The third-order valence-corrected chi connectivity index (χ3v) is 5.62. The predicted molar refractivity (Wildman–Crippen MR) is 179 cm³/mol. The van der Waals surface area contributed by atoms with Gasteiger partial charge in [0.25, 0.3) is 0 Å². The summed E-state index contributed by atoms with van der Waals surface area (Å²) in [5.41, 5.74) is 4.16. The molecule has 2 aromatic heterocycles. The fraction of sp³-hybridized carbons (Fsp3) is 0.529. The molecular formula is C34H63NS. The molecule has 0 fully saturated rings. The summed E-state index contributed by atoms with van der Waals surface area (Å²) in [5.74, 6) is 1.25. The number of fused-ring (bicyclic) bond motifs is 2. The molecule has 0 atom stereocenters. The SMILES string of the molecule is C.C.C.CC.CC.CC.CC.CC(C)c1ccc2c(ccn2C)c1.CC(C)c1ccc2sccc2c1. The molecule has 0 bridgehead atoms. The van der Waals surface area contributed by atoms with E-state index in [0.29, 0.717) is 11.8 Å². The first-order chi connectivity index (χ1) is 16.0. The van der Waals surface area contributed by atoms with Gasteiger partial charge in [0.1, 0.15) is 0 Å². The molecule has 0 N–H and O–H groups in total. The highest BCUT2D eigenvalue weighted by molar-refractivity contribution is 7.17. The van der Waals surface area contributed by atoms with Crippen LogP contribution in [-0.2, 0) is 7.05 Å². The lowest BCUT2D eigenvalue weighted by Crippen LogP contribution is -1.88. The van der Waals surface area contributed by atoms with E-state index in [1.807, 2.05) is 66.7 Å². The topological polar surface area (TPSA) is 4.93 Å². The van der Waals surface area contributed by atoms with Gasteiger partial charge in [-0.05, 0) is 69.4 Å². The Morgan fingerprint density at radius 1 is 0.583 bits per heavy atom. The molecule has 4 aromatic rings. The zero-order valence-corrected chi connectivity index (χ0v) is 24.6. The average molecular weight is 518 g/mol. The Bertz CT molecular complexity index is 973. The van der Waals surface area contributed by atoms with Crippen LogP contribution in [0.15, 0.2) is 60.1 Å². The summed E-state index contributed by atoms with van der Waals surface area (Å²) in [5, 5.41) is 4.87. The lowest BCUT2D eigenvalue weighted by molar-refractivity contribution is 0.868. The van der Waals surface area contributed by atoms with Crippen molar-refractivity contribution in [2.45, 2.75) is 117 Å². The van der Waals surface area contributed by atoms with Crippen molar-refractivity contribution in [2.75, 3.05) is 0 Å². The highest BCUT2D eigenvalue weighted by Crippen LogP contribution is 2.25. The molecule has 36 heavy (non-hydrogen) atoms. The van der Waals surface area contributed by atoms with Gasteiger partial charge in [0, 0.05) is 23.5 Å². The quantitative estimate of drug-likeness (QED) is 0.249. The predicted octanol–water partition coefficient (Wildman–Crippen LogP) is 13.3. The Morgan fingerprint density at radius 2 is 1.03 bits per heavy atom. The Kier molecular flexibility index (Phi) is 31.8. The van der Waals surface area contributed by atoms with E-state index in [1.165, 1.54) is 32.1 Å². The van der Waals surface area contributed by atoms with Crippen molar-refractivity contribution in [3.05, 3.63) is 71.2 Å². The maximum atomic E-state index is 2.29. The zero-order valence-electron chi connectivity index (χ0n) is 23.8. The van der Waals surface area contributed by atoms with Crippen LogP contribution in [0.3, 0.4) is 0 Å². The standard InChI is InChI=1S/C12H15N.C11H12S.4C2H6.3CH4/c1-9(2)10-4-5-12-11(8-10)6-7-13(12)3;1-8(2)9-3-4-11-10(7-9)5-6-12-11;4*1-2;;;/h4-9H,1-3H3;3-8H,1-2H3;4*1-2H3;3*1H4. The fourth-order valence-corrected chi connectivity index (χ4v) is 3.77. The minimum Gasteiger partial charge on any atom is -0.351 e. The summed E-state index contributed by atoms with van der Waals surface area (Å²) in [6, 6.07) is 17.8. The molecule has 0 aliphatic rings. The van der Waals surface area contributed by atoms with E-state index >= 15 is 0 Å². The van der Waals surface area contributed by atoms with Gasteiger partial charge in [-0.2, -0.15) is 0 Å². The van der Waals surface area contributed by atoms with Crippen LogP contribution in [0.25, 0.3) is 21.0 Å². The van der Waals surface area contributed by atoms with Gasteiger partial charge in [-0.15, -0.1) is 11.3 Å². The molecule has 0 unspecified atom stereocenters. The molecule has 2 aromatic carbocycles. The van der Waals surface area contributed by atoms with Crippen molar-refractivity contribution in [2.24, 2.45) is 7.05 Å². The van der Waals surface area contributed by atoms with E-state index < -0.39 is 0 Å². The van der Waals surface area contributed by atoms with E-state index in [0.717, 1.165) is 0 Å². The molecule has 4 rings (SSSR count). The minimum absolute atomic E-state index is 0. The molecule has 2 heterocycles. The fourth-order valence-electron chi connectivity index (χ4n) is 3.00. The van der Waals surface area contributed by atoms with Crippen molar-refractivity contribution < 1.29 is 0 Å². The molecule has 0 saturated heterocycles. The van der Waals surface area contributed by atoms with Gasteiger partial charge >= 0.3 is 0 Å². The second kappa shape index (κ2) is 26.0. The number of benzene rings is 2. The molecule has 0 radical (unpaired) electrons. The second-order valence-electron chi connectivity index (χ2n) is 7.27. The van der Waals surface area contributed by atoms with Gasteiger partial charge < -0.3 is 4.57 Å². The molecule has 0 aliphatic carbocycles. The van der Waals surface area contributed by atoms with Crippen LogP contribution < -0.4 is 0 Å². The average Bonchev–Trinajstić information content (AvgIpc) is 3.50. The number of hydrogen-bond acceptors (Lipinski definition) is 1. The smallest absolute Gasteiger partial charge is 0.0477 e. The highest BCUT2D eigenvalue weighted by Gasteiger charge is 2.02. The highest BCUT2D eigenvalue weighted by atomic mass is 32.1. The van der Waals surface area contributed by atoms with Gasteiger partial charge in [-0.1, -0.05) is 124 Å². The molecule has 210 valence electrons. The van der Waals surface area contributed by atoms with Crippen LogP contribution in [-0.4, -0.2) is 4.57 Å². The first-order valence-corrected chi connectivity index (χ1v) is 13.9. The van der Waals surface area contributed by atoms with Crippen LogP contribution in [0, 0.1) is 0 Å². The minimum atomic E-state index is 0. The Hall–Kier alpha value is -2.06. The first kappa shape index (κ1) is 44.0. The summed E-state index contributed by atoms with van der Waals surface area (Å²) in [6.45, 7) is 24.9. The summed E-state index contributed by atoms with van der Waals surface area (Å²) in [4.78, 5) is 0.